The standard InChI is InChI=1S/C18H28N2O2/c1-18(2,3)16-7-5-15(6-8-16)17(21)20-11-9-19(10-12-20)13-14-22-4/h5-8H,9-14H2,1-4H3. The number of ether oxygens (including phenoxy) is 1. The van der Waals surface area contributed by atoms with Crippen LogP contribution in [0, 0.1) is 0 Å². The van der Waals surface area contributed by atoms with Gasteiger partial charge < -0.3 is 9.64 Å². The maximum atomic E-state index is 12.6. The molecule has 0 aliphatic carbocycles. The van der Waals surface area contributed by atoms with E-state index in [0.29, 0.717) is 0 Å². The Hall–Kier alpha value is -1.39. The Morgan fingerprint density at radius 2 is 1.68 bits per heavy atom. The molecule has 0 atom stereocenters. The number of rotatable bonds is 4. The van der Waals surface area contributed by atoms with Crippen LogP contribution in [0.5, 0.6) is 0 Å². The normalized spacial score (nSPS) is 16.8. The van der Waals surface area contributed by atoms with Crippen LogP contribution in [0.4, 0.5) is 0 Å². The first-order chi connectivity index (χ1) is 10.4. The summed E-state index contributed by atoms with van der Waals surface area (Å²) < 4.78 is 5.10. The predicted molar refractivity (Wildman–Crippen MR) is 89.4 cm³/mol. The molecule has 1 aromatic carbocycles. The van der Waals surface area contributed by atoms with Crippen molar-refractivity contribution in [2.24, 2.45) is 0 Å². The molecule has 4 heteroatoms. The van der Waals surface area contributed by atoms with E-state index in [-0.39, 0.29) is 11.3 Å². The Labute approximate surface area is 134 Å². The number of nitrogens with zero attached hydrogens (tertiary/aromatic N) is 2. The summed E-state index contributed by atoms with van der Waals surface area (Å²) >= 11 is 0. The number of benzene rings is 1. The average Bonchev–Trinajstić information content (AvgIpc) is 2.52. The van der Waals surface area contributed by atoms with Crippen LogP contribution in [0.15, 0.2) is 24.3 Å². The lowest BCUT2D eigenvalue weighted by Crippen LogP contribution is -2.49. The Balaban J connectivity index is 1.92. The molecule has 0 aromatic heterocycles. The fourth-order valence-corrected chi connectivity index (χ4v) is 2.69. The second-order valence-electron chi connectivity index (χ2n) is 6.95. The summed E-state index contributed by atoms with van der Waals surface area (Å²) in [6, 6.07) is 8.06. The van der Waals surface area contributed by atoms with Crippen LogP contribution in [0.25, 0.3) is 0 Å². The van der Waals surface area contributed by atoms with Gasteiger partial charge in [-0.15, -0.1) is 0 Å². The fourth-order valence-electron chi connectivity index (χ4n) is 2.69. The van der Waals surface area contributed by atoms with Gasteiger partial charge in [0.1, 0.15) is 0 Å². The zero-order chi connectivity index (χ0) is 16.2. The van der Waals surface area contributed by atoms with Gasteiger partial charge in [0.05, 0.1) is 6.61 Å². The highest BCUT2D eigenvalue weighted by Gasteiger charge is 2.22. The molecule has 1 aromatic rings. The number of piperazine rings is 1. The van der Waals surface area contributed by atoms with E-state index in [2.05, 4.69) is 37.8 Å². The number of methoxy groups -OCH3 is 1. The van der Waals surface area contributed by atoms with E-state index in [1.807, 2.05) is 17.0 Å². The van der Waals surface area contributed by atoms with Gasteiger partial charge in [0.25, 0.3) is 5.91 Å². The topological polar surface area (TPSA) is 32.8 Å². The van der Waals surface area contributed by atoms with Gasteiger partial charge in [-0.2, -0.15) is 0 Å². The van der Waals surface area contributed by atoms with Gasteiger partial charge in [-0.25, -0.2) is 0 Å². The minimum Gasteiger partial charge on any atom is -0.383 e. The van der Waals surface area contributed by atoms with Crippen LogP contribution in [-0.2, 0) is 10.2 Å². The number of amides is 1. The predicted octanol–water partition coefficient (Wildman–Crippen LogP) is 2.39. The quantitative estimate of drug-likeness (QED) is 0.856. The van der Waals surface area contributed by atoms with Crippen molar-refractivity contribution in [3.8, 4) is 0 Å². The molecular weight excluding hydrogens is 276 g/mol. The highest BCUT2D eigenvalue weighted by molar-refractivity contribution is 5.94. The Kier molecular flexibility index (Phi) is 5.59. The van der Waals surface area contributed by atoms with E-state index in [9.17, 15) is 4.79 Å². The molecule has 0 spiro atoms. The Bertz CT molecular complexity index is 483. The van der Waals surface area contributed by atoms with Crippen LogP contribution in [0.3, 0.4) is 0 Å². The second-order valence-corrected chi connectivity index (χ2v) is 6.95. The second kappa shape index (κ2) is 7.25. The molecule has 1 aliphatic rings. The summed E-state index contributed by atoms with van der Waals surface area (Å²) in [5.74, 6) is 0.145. The van der Waals surface area contributed by atoms with Crippen LogP contribution >= 0.6 is 0 Å². The third-order valence-electron chi connectivity index (χ3n) is 4.27. The molecule has 0 N–H and O–H groups in total. The lowest BCUT2D eigenvalue weighted by atomic mass is 9.86. The molecule has 0 unspecified atom stereocenters. The summed E-state index contributed by atoms with van der Waals surface area (Å²) in [6.45, 7) is 11.7. The Morgan fingerprint density at radius 1 is 1.09 bits per heavy atom. The maximum Gasteiger partial charge on any atom is 0.253 e. The van der Waals surface area contributed by atoms with Gasteiger partial charge in [-0.05, 0) is 23.1 Å². The van der Waals surface area contributed by atoms with Crippen LogP contribution < -0.4 is 0 Å². The molecule has 0 bridgehead atoms. The number of carbonyl (C=O) groups excluding carboxylic acids is 1. The van der Waals surface area contributed by atoms with E-state index in [4.69, 9.17) is 4.74 Å². The molecule has 1 aliphatic heterocycles. The lowest BCUT2D eigenvalue weighted by molar-refractivity contribution is 0.0594. The highest BCUT2D eigenvalue weighted by atomic mass is 16.5. The average molecular weight is 304 g/mol. The lowest BCUT2D eigenvalue weighted by Gasteiger charge is -2.34. The summed E-state index contributed by atoms with van der Waals surface area (Å²) in [4.78, 5) is 16.9. The fraction of sp³-hybridized carbons (Fsp3) is 0.611. The first kappa shape index (κ1) is 17.0. The SMILES string of the molecule is COCCN1CCN(C(=O)c2ccc(C(C)(C)C)cc2)CC1. The molecule has 1 amide bonds. The van der Waals surface area contributed by atoms with Crippen LogP contribution in [-0.4, -0.2) is 62.1 Å². The minimum absolute atomic E-state index is 0.120. The molecular formula is C18H28N2O2. The van der Waals surface area contributed by atoms with Gasteiger partial charge in [-0.1, -0.05) is 32.9 Å². The van der Waals surface area contributed by atoms with Crippen molar-refractivity contribution in [3.63, 3.8) is 0 Å². The molecule has 22 heavy (non-hydrogen) atoms. The van der Waals surface area contributed by atoms with Crippen molar-refractivity contribution in [2.45, 2.75) is 26.2 Å². The van der Waals surface area contributed by atoms with E-state index < -0.39 is 0 Å². The molecule has 122 valence electrons. The van der Waals surface area contributed by atoms with E-state index >= 15 is 0 Å². The first-order valence-electron chi connectivity index (χ1n) is 8.03. The Morgan fingerprint density at radius 3 is 2.18 bits per heavy atom. The largest absolute Gasteiger partial charge is 0.383 e. The summed E-state index contributed by atoms with van der Waals surface area (Å²) in [5.41, 5.74) is 2.17. The van der Waals surface area contributed by atoms with Gasteiger partial charge in [0.2, 0.25) is 0 Å². The number of carbonyl (C=O) groups is 1. The monoisotopic (exact) mass is 304 g/mol. The van der Waals surface area contributed by atoms with E-state index in [1.54, 1.807) is 7.11 Å². The maximum absolute atomic E-state index is 12.6. The third kappa shape index (κ3) is 4.31. The molecule has 1 fully saturated rings. The zero-order valence-electron chi connectivity index (χ0n) is 14.3. The number of hydrogen-bond acceptors (Lipinski definition) is 3. The van der Waals surface area contributed by atoms with Crippen molar-refractivity contribution in [2.75, 3.05) is 46.4 Å². The van der Waals surface area contributed by atoms with Crippen LogP contribution in [0.2, 0.25) is 0 Å². The summed E-state index contributed by atoms with van der Waals surface area (Å²) in [7, 11) is 1.72. The third-order valence-corrected chi connectivity index (χ3v) is 4.27. The molecule has 0 saturated carbocycles. The molecule has 1 saturated heterocycles. The zero-order valence-corrected chi connectivity index (χ0v) is 14.3. The van der Waals surface area contributed by atoms with Crippen molar-refractivity contribution < 1.29 is 9.53 Å². The minimum atomic E-state index is 0.120. The summed E-state index contributed by atoms with van der Waals surface area (Å²) in [6.07, 6.45) is 0. The van der Waals surface area contributed by atoms with E-state index in [1.165, 1.54) is 5.56 Å². The molecule has 4 nitrogen and oxygen atoms in total. The smallest absolute Gasteiger partial charge is 0.253 e. The van der Waals surface area contributed by atoms with Crippen LogP contribution in [0.1, 0.15) is 36.7 Å². The first-order valence-corrected chi connectivity index (χ1v) is 8.03. The van der Waals surface area contributed by atoms with Gasteiger partial charge in [-0.3, -0.25) is 9.69 Å². The van der Waals surface area contributed by atoms with Crippen molar-refractivity contribution >= 4 is 5.91 Å². The highest BCUT2D eigenvalue weighted by Crippen LogP contribution is 2.22. The molecule has 1 heterocycles. The van der Waals surface area contributed by atoms with Crippen molar-refractivity contribution in [1.82, 2.24) is 9.80 Å². The van der Waals surface area contributed by atoms with Crippen molar-refractivity contribution in [3.05, 3.63) is 35.4 Å². The van der Waals surface area contributed by atoms with Gasteiger partial charge >= 0.3 is 0 Å². The van der Waals surface area contributed by atoms with E-state index in [0.717, 1.165) is 44.9 Å². The van der Waals surface area contributed by atoms with Crippen molar-refractivity contribution in [1.29, 1.82) is 0 Å². The number of hydrogen-bond donors (Lipinski definition) is 0. The van der Waals surface area contributed by atoms with Gasteiger partial charge in [0.15, 0.2) is 0 Å². The summed E-state index contributed by atoms with van der Waals surface area (Å²) in [5, 5.41) is 0. The molecule has 2 rings (SSSR count). The van der Waals surface area contributed by atoms with Gasteiger partial charge in [0, 0.05) is 45.4 Å². The molecule has 0 radical (unpaired) electrons.